The summed E-state index contributed by atoms with van der Waals surface area (Å²) in [6.07, 6.45) is 8.20. The highest BCUT2D eigenvalue weighted by Crippen LogP contribution is 2.38. The summed E-state index contributed by atoms with van der Waals surface area (Å²) in [5.41, 5.74) is 0. The zero-order valence-electron chi connectivity index (χ0n) is 11.6. The number of para-hydroxylation sites is 1. The summed E-state index contributed by atoms with van der Waals surface area (Å²) in [7, 11) is 0. The molecule has 2 aliphatic carbocycles. The molecule has 0 spiro atoms. The molecule has 1 aromatic rings. The van der Waals surface area contributed by atoms with Gasteiger partial charge >= 0.3 is 0 Å². The SMILES string of the molecule is O=C(CCCOc1ccccc1)NC1CC2C=CC1C2. The molecule has 3 heteroatoms. The predicted molar refractivity (Wildman–Crippen MR) is 78.5 cm³/mol. The van der Waals surface area contributed by atoms with Crippen molar-refractivity contribution in [1.29, 1.82) is 0 Å². The van der Waals surface area contributed by atoms with Crippen LogP contribution in [0.25, 0.3) is 0 Å². The number of rotatable bonds is 6. The molecule has 1 aromatic carbocycles. The maximum Gasteiger partial charge on any atom is 0.220 e. The summed E-state index contributed by atoms with van der Waals surface area (Å²) in [6.45, 7) is 0.591. The van der Waals surface area contributed by atoms with E-state index in [1.807, 2.05) is 30.3 Å². The molecule has 3 atom stereocenters. The van der Waals surface area contributed by atoms with Gasteiger partial charge in [-0.1, -0.05) is 30.4 Å². The Morgan fingerprint density at radius 1 is 1.20 bits per heavy atom. The van der Waals surface area contributed by atoms with E-state index in [0.29, 0.717) is 30.9 Å². The summed E-state index contributed by atoms with van der Waals surface area (Å²) in [6, 6.07) is 10.1. The molecule has 106 valence electrons. The van der Waals surface area contributed by atoms with E-state index in [-0.39, 0.29) is 5.91 Å². The Hall–Kier alpha value is -1.77. The van der Waals surface area contributed by atoms with Gasteiger partial charge in [-0.3, -0.25) is 4.79 Å². The fraction of sp³-hybridized carbons (Fsp3) is 0.471. The van der Waals surface area contributed by atoms with Gasteiger partial charge in [-0.2, -0.15) is 0 Å². The third-order valence-corrected chi connectivity index (χ3v) is 4.19. The Labute approximate surface area is 120 Å². The van der Waals surface area contributed by atoms with Gasteiger partial charge < -0.3 is 10.1 Å². The molecule has 3 rings (SSSR count). The number of nitrogens with one attached hydrogen (secondary N) is 1. The van der Waals surface area contributed by atoms with Crippen LogP contribution < -0.4 is 10.1 Å². The lowest BCUT2D eigenvalue weighted by atomic mass is 10.0. The zero-order chi connectivity index (χ0) is 13.8. The van der Waals surface area contributed by atoms with Crippen molar-refractivity contribution in [3.63, 3.8) is 0 Å². The maximum absolute atomic E-state index is 11.9. The van der Waals surface area contributed by atoms with E-state index < -0.39 is 0 Å². The standard InChI is InChI=1S/C17H21NO2/c19-17(18-16-12-13-8-9-14(16)11-13)7-4-10-20-15-5-2-1-3-6-15/h1-3,5-6,8-9,13-14,16H,4,7,10-12H2,(H,18,19). The maximum atomic E-state index is 11.9. The second-order valence-electron chi connectivity index (χ2n) is 5.72. The summed E-state index contributed by atoms with van der Waals surface area (Å²) >= 11 is 0. The lowest BCUT2D eigenvalue weighted by Crippen LogP contribution is -2.37. The van der Waals surface area contributed by atoms with Gasteiger partial charge in [-0.05, 0) is 43.2 Å². The average Bonchev–Trinajstić information content (AvgIpc) is 3.07. The van der Waals surface area contributed by atoms with Crippen LogP contribution in [-0.2, 0) is 4.79 Å². The molecule has 3 nitrogen and oxygen atoms in total. The normalized spacial score (nSPS) is 26.7. The molecule has 0 aromatic heterocycles. The van der Waals surface area contributed by atoms with E-state index in [1.54, 1.807) is 0 Å². The molecule has 1 N–H and O–H groups in total. The molecular weight excluding hydrogens is 250 g/mol. The second-order valence-corrected chi connectivity index (χ2v) is 5.72. The summed E-state index contributed by atoms with van der Waals surface area (Å²) in [5.74, 6) is 2.30. The first-order valence-corrected chi connectivity index (χ1v) is 7.47. The van der Waals surface area contributed by atoms with E-state index in [4.69, 9.17) is 4.74 Å². The number of amides is 1. The Balaban J connectivity index is 1.33. The minimum absolute atomic E-state index is 0.160. The van der Waals surface area contributed by atoms with Crippen LogP contribution in [0.4, 0.5) is 0 Å². The van der Waals surface area contributed by atoms with Crippen LogP contribution in [-0.4, -0.2) is 18.6 Å². The number of hydrogen-bond donors (Lipinski definition) is 1. The van der Waals surface area contributed by atoms with Crippen molar-refractivity contribution in [3.05, 3.63) is 42.5 Å². The Kier molecular flexibility index (Phi) is 4.05. The first-order chi connectivity index (χ1) is 9.81. The molecule has 1 saturated carbocycles. The number of benzene rings is 1. The molecular formula is C17H21NO2. The first kappa shape index (κ1) is 13.2. The van der Waals surface area contributed by atoms with E-state index in [0.717, 1.165) is 18.6 Å². The van der Waals surface area contributed by atoms with Crippen LogP contribution in [0, 0.1) is 11.8 Å². The van der Waals surface area contributed by atoms with Gasteiger partial charge in [0.15, 0.2) is 0 Å². The van der Waals surface area contributed by atoms with Crippen molar-refractivity contribution in [3.8, 4) is 5.75 Å². The lowest BCUT2D eigenvalue weighted by Gasteiger charge is -2.19. The number of ether oxygens (including phenoxy) is 1. The quantitative estimate of drug-likeness (QED) is 0.638. The van der Waals surface area contributed by atoms with E-state index in [1.165, 1.54) is 6.42 Å². The van der Waals surface area contributed by atoms with Crippen molar-refractivity contribution in [1.82, 2.24) is 5.32 Å². The molecule has 20 heavy (non-hydrogen) atoms. The van der Waals surface area contributed by atoms with Crippen molar-refractivity contribution in [2.45, 2.75) is 31.7 Å². The van der Waals surface area contributed by atoms with Crippen LogP contribution >= 0.6 is 0 Å². The van der Waals surface area contributed by atoms with Crippen molar-refractivity contribution in [2.24, 2.45) is 11.8 Å². The number of carbonyl (C=O) groups is 1. The van der Waals surface area contributed by atoms with E-state index in [2.05, 4.69) is 17.5 Å². The van der Waals surface area contributed by atoms with Crippen molar-refractivity contribution < 1.29 is 9.53 Å². The average molecular weight is 271 g/mol. The molecule has 0 radical (unpaired) electrons. The third-order valence-electron chi connectivity index (χ3n) is 4.19. The minimum Gasteiger partial charge on any atom is -0.494 e. The molecule has 1 amide bonds. The molecule has 0 saturated heterocycles. The van der Waals surface area contributed by atoms with Crippen LogP contribution in [0.15, 0.2) is 42.5 Å². The van der Waals surface area contributed by atoms with Gasteiger partial charge in [-0.25, -0.2) is 0 Å². The Bertz CT molecular complexity index is 483. The molecule has 0 heterocycles. The van der Waals surface area contributed by atoms with Crippen molar-refractivity contribution >= 4 is 5.91 Å². The van der Waals surface area contributed by atoms with Gasteiger partial charge in [0.25, 0.3) is 0 Å². The minimum atomic E-state index is 0.160. The Morgan fingerprint density at radius 3 is 2.75 bits per heavy atom. The Morgan fingerprint density at radius 2 is 2.05 bits per heavy atom. The molecule has 2 bridgehead atoms. The topological polar surface area (TPSA) is 38.3 Å². The van der Waals surface area contributed by atoms with Crippen LogP contribution in [0.5, 0.6) is 5.75 Å². The first-order valence-electron chi connectivity index (χ1n) is 7.47. The van der Waals surface area contributed by atoms with Crippen LogP contribution in [0.3, 0.4) is 0 Å². The smallest absolute Gasteiger partial charge is 0.220 e. The van der Waals surface area contributed by atoms with Gasteiger partial charge in [-0.15, -0.1) is 0 Å². The monoisotopic (exact) mass is 271 g/mol. The molecule has 2 aliphatic rings. The molecule has 1 fully saturated rings. The second kappa shape index (κ2) is 6.12. The molecule has 3 unspecified atom stereocenters. The lowest BCUT2D eigenvalue weighted by molar-refractivity contribution is -0.122. The van der Waals surface area contributed by atoms with Gasteiger partial charge in [0.2, 0.25) is 5.91 Å². The van der Waals surface area contributed by atoms with Crippen LogP contribution in [0.1, 0.15) is 25.7 Å². The van der Waals surface area contributed by atoms with E-state index in [9.17, 15) is 4.79 Å². The van der Waals surface area contributed by atoms with Gasteiger partial charge in [0, 0.05) is 12.5 Å². The highest BCUT2D eigenvalue weighted by molar-refractivity contribution is 5.76. The van der Waals surface area contributed by atoms with E-state index >= 15 is 0 Å². The van der Waals surface area contributed by atoms with Gasteiger partial charge in [0.1, 0.15) is 5.75 Å². The van der Waals surface area contributed by atoms with Gasteiger partial charge in [0.05, 0.1) is 6.61 Å². The fourth-order valence-corrected chi connectivity index (χ4v) is 3.17. The summed E-state index contributed by atoms with van der Waals surface area (Å²) in [4.78, 5) is 11.9. The zero-order valence-corrected chi connectivity index (χ0v) is 11.6. The third kappa shape index (κ3) is 3.21. The number of fused-ring (bicyclic) bond motifs is 2. The number of hydrogen-bond acceptors (Lipinski definition) is 2. The fourth-order valence-electron chi connectivity index (χ4n) is 3.17. The largest absolute Gasteiger partial charge is 0.494 e. The van der Waals surface area contributed by atoms with Crippen molar-refractivity contribution in [2.75, 3.05) is 6.61 Å². The van der Waals surface area contributed by atoms with Crippen LogP contribution in [0.2, 0.25) is 0 Å². The highest BCUT2D eigenvalue weighted by atomic mass is 16.5. The number of carbonyl (C=O) groups excluding carboxylic acids is 1. The summed E-state index contributed by atoms with van der Waals surface area (Å²) < 4.78 is 5.58. The summed E-state index contributed by atoms with van der Waals surface area (Å²) in [5, 5.41) is 3.16. The predicted octanol–water partition coefficient (Wildman–Crippen LogP) is 2.93. The number of allylic oxidation sites excluding steroid dienone is 1. The highest BCUT2D eigenvalue weighted by Gasteiger charge is 2.36. The molecule has 0 aliphatic heterocycles.